The lowest BCUT2D eigenvalue weighted by Gasteiger charge is -2.60. The Kier molecular flexibility index (Phi) is 5.87. The molecule has 0 aliphatic heterocycles. The van der Waals surface area contributed by atoms with E-state index in [1.54, 1.807) is 0 Å². The quantitative estimate of drug-likeness (QED) is 0.564. The van der Waals surface area contributed by atoms with Gasteiger partial charge in [0.15, 0.2) is 0 Å². The van der Waals surface area contributed by atoms with Crippen LogP contribution in [0.3, 0.4) is 0 Å². The summed E-state index contributed by atoms with van der Waals surface area (Å²) in [7, 11) is 0. The number of hydrogen-bond donors (Lipinski definition) is 2. The number of rotatable bonds is 4. The van der Waals surface area contributed by atoms with Crippen LogP contribution in [0.15, 0.2) is 23.8 Å². The first-order valence-corrected chi connectivity index (χ1v) is 12.7. The summed E-state index contributed by atoms with van der Waals surface area (Å²) in [5, 5.41) is 23.2. The third-order valence-electron chi connectivity index (χ3n) is 9.84. The molecular weight excluding hydrogens is 384 g/mol. The second kappa shape index (κ2) is 7.83. The van der Waals surface area contributed by atoms with Gasteiger partial charge in [-0.2, -0.15) is 0 Å². The Hall–Kier alpha value is -0.930. The highest BCUT2D eigenvalue weighted by atomic mass is 16.3. The summed E-state index contributed by atoms with van der Waals surface area (Å²) in [5.41, 5.74) is 0.0314. The van der Waals surface area contributed by atoms with Crippen LogP contribution in [0.25, 0.3) is 0 Å². The molecule has 0 aromatic heterocycles. The van der Waals surface area contributed by atoms with Crippen LogP contribution in [-0.2, 0) is 4.79 Å². The number of hydrogen-bond acceptors (Lipinski definition) is 3. The Morgan fingerprint density at radius 3 is 2.68 bits per heavy atom. The van der Waals surface area contributed by atoms with E-state index < -0.39 is 11.7 Å². The number of fused-ring (bicyclic) bond motifs is 5. The fourth-order valence-corrected chi connectivity index (χ4v) is 8.87. The van der Waals surface area contributed by atoms with E-state index in [-0.39, 0.29) is 34.5 Å². The van der Waals surface area contributed by atoms with E-state index in [4.69, 9.17) is 0 Å². The molecule has 0 amide bonds. The van der Waals surface area contributed by atoms with Crippen molar-refractivity contribution in [3.8, 4) is 0 Å². The molecule has 0 radical (unpaired) electrons. The van der Waals surface area contributed by atoms with Gasteiger partial charge in [-0.15, -0.1) is 0 Å². The maximum absolute atomic E-state index is 13.5. The highest BCUT2D eigenvalue weighted by Gasteiger charge is 2.66. The largest absolute Gasteiger partial charge is 0.393 e. The molecule has 0 heterocycles. The van der Waals surface area contributed by atoms with Gasteiger partial charge in [-0.1, -0.05) is 51.5 Å². The molecule has 2 N–H and O–H groups in total. The molecule has 4 rings (SSSR count). The van der Waals surface area contributed by atoms with Crippen LogP contribution in [0, 0.1) is 46.3 Å². The average molecular weight is 429 g/mol. The Bertz CT molecular complexity index is 777. The van der Waals surface area contributed by atoms with Crippen molar-refractivity contribution in [2.75, 3.05) is 0 Å². The third kappa shape index (κ3) is 3.68. The molecular formula is C28H44O3. The highest BCUT2D eigenvalue weighted by molar-refractivity contribution is 5.84. The summed E-state index contributed by atoms with van der Waals surface area (Å²) in [5.74, 6) is 1.60. The fourth-order valence-electron chi connectivity index (χ4n) is 8.87. The van der Waals surface area contributed by atoms with E-state index in [1.165, 1.54) is 5.57 Å². The Balaban J connectivity index is 1.67. The topological polar surface area (TPSA) is 57.5 Å². The minimum Gasteiger partial charge on any atom is -0.393 e. The lowest BCUT2D eigenvalue weighted by molar-refractivity contribution is -0.173. The number of carbonyl (C=O) groups is 1. The maximum atomic E-state index is 13.5. The number of ketones is 1. The van der Waals surface area contributed by atoms with Gasteiger partial charge in [-0.3, -0.25) is 4.79 Å². The first-order valence-electron chi connectivity index (χ1n) is 12.7. The first kappa shape index (κ1) is 23.2. The number of carbonyl (C=O) groups excluding carboxylic acids is 1. The molecule has 3 fully saturated rings. The van der Waals surface area contributed by atoms with Crippen molar-refractivity contribution < 1.29 is 15.0 Å². The number of aliphatic hydroxyl groups excluding tert-OH is 1. The number of aliphatic hydroxyl groups is 2. The molecule has 31 heavy (non-hydrogen) atoms. The Labute approximate surface area is 189 Å². The van der Waals surface area contributed by atoms with Gasteiger partial charge in [0.05, 0.1) is 11.7 Å². The van der Waals surface area contributed by atoms with Gasteiger partial charge in [-0.05, 0) is 86.9 Å². The summed E-state index contributed by atoms with van der Waals surface area (Å²) in [4.78, 5) is 13.5. The lowest BCUT2D eigenvalue weighted by Crippen LogP contribution is -2.61. The van der Waals surface area contributed by atoms with Crippen molar-refractivity contribution in [2.45, 2.75) is 98.2 Å². The molecule has 0 unspecified atom stereocenters. The molecule has 3 nitrogen and oxygen atoms in total. The van der Waals surface area contributed by atoms with Crippen LogP contribution in [0.1, 0.15) is 86.5 Å². The second-order valence-corrected chi connectivity index (χ2v) is 12.6. The van der Waals surface area contributed by atoms with Crippen LogP contribution in [0.2, 0.25) is 0 Å². The van der Waals surface area contributed by atoms with Gasteiger partial charge in [0.25, 0.3) is 0 Å². The van der Waals surface area contributed by atoms with Crippen LogP contribution in [0.4, 0.5) is 0 Å². The standard InChI is InChI=1S/C28H44O3/c1-17(2)13-18(3)15-28(6,31)23-11-10-20-24-21(29)14-19-9-7-8-12-26(19,4)25(24)22(30)16-27(20,23)5/h8,12,15,17,19-20,22-25,30-31H,7,9-11,13-14,16H2,1-6H3/b18-15+/t19-,20-,22-,23+,24+,25+,26-,27-,28+/m0/s1. The van der Waals surface area contributed by atoms with Crippen molar-refractivity contribution in [1.82, 2.24) is 0 Å². The SMILES string of the molecule is C/C(=C\[C@@](C)(O)[C@@H]1CC[C@H]2[C@@H]3C(=O)C[C@@H]4CCC=C[C@]4(C)[C@@H]3[C@@H](O)C[C@]12C)CC(C)C. The van der Waals surface area contributed by atoms with Crippen molar-refractivity contribution >= 4 is 5.78 Å². The summed E-state index contributed by atoms with van der Waals surface area (Å²) in [6.07, 6.45) is 12.6. The predicted octanol–water partition coefficient (Wildman–Crippen LogP) is 5.70. The van der Waals surface area contributed by atoms with Gasteiger partial charge in [0, 0.05) is 18.3 Å². The molecule has 3 heteroatoms. The molecule has 9 atom stereocenters. The van der Waals surface area contributed by atoms with Crippen LogP contribution in [-0.4, -0.2) is 27.7 Å². The summed E-state index contributed by atoms with van der Waals surface area (Å²) in [6.45, 7) is 13.0. The van der Waals surface area contributed by atoms with Gasteiger partial charge in [0.2, 0.25) is 0 Å². The summed E-state index contributed by atoms with van der Waals surface area (Å²) in [6, 6.07) is 0. The molecule has 0 aromatic carbocycles. The molecule has 0 saturated heterocycles. The third-order valence-corrected chi connectivity index (χ3v) is 9.84. The van der Waals surface area contributed by atoms with Gasteiger partial charge in [-0.25, -0.2) is 0 Å². The fraction of sp³-hybridized carbons (Fsp3) is 0.821. The van der Waals surface area contributed by atoms with E-state index in [1.807, 2.05) is 6.92 Å². The van der Waals surface area contributed by atoms with Gasteiger partial charge in [0.1, 0.15) is 5.78 Å². The molecule has 4 aliphatic carbocycles. The zero-order valence-electron chi connectivity index (χ0n) is 20.5. The number of Topliss-reactive ketones (excluding diaryl/α,β-unsaturated/α-hetero) is 1. The first-order chi connectivity index (χ1) is 14.4. The molecule has 0 spiro atoms. The molecule has 174 valence electrons. The van der Waals surface area contributed by atoms with Crippen molar-refractivity contribution in [3.63, 3.8) is 0 Å². The van der Waals surface area contributed by atoms with E-state index in [0.717, 1.165) is 32.1 Å². The van der Waals surface area contributed by atoms with E-state index in [0.29, 0.717) is 30.5 Å². The van der Waals surface area contributed by atoms with Gasteiger partial charge >= 0.3 is 0 Å². The van der Waals surface area contributed by atoms with Crippen LogP contribution < -0.4 is 0 Å². The lowest BCUT2D eigenvalue weighted by atomic mass is 9.44. The Morgan fingerprint density at radius 1 is 1.29 bits per heavy atom. The number of allylic oxidation sites excluding steroid dienone is 3. The van der Waals surface area contributed by atoms with Crippen molar-refractivity contribution in [3.05, 3.63) is 23.8 Å². The predicted molar refractivity (Wildman–Crippen MR) is 125 cm³/mol. The molecule has 4 aliphatic rings. The maximum Gasteiger partial charge on any atom is 0.136 e. The van der Waals surface area contributed by atoms with E-state index in [2.05, 4.69) is 52.8 Å². The minimum atomic E-state index is -0.913. The molecule has 0 bridgehead atoms. The molecule has 3 saturated carbocycles. The van der Waals surface area contributed by atoms with Gasteiger partial charge < -0.3 is 10.2 Å². The van der Waals surface area contributed by atoms with E-state index >= 15 is 0 Å². The summed E-state index contributed by atoms with van der Waals surface area (Å²) < 4.78 is 0. The van der Waals surface area contributed by atoms with E-state index in [9.17, 15) is 15.0 Å². The zero-order chi connectivity index (χ0) is 22.8. The van der Waals surface area contributed by atoms with Crippen LogP contribution >= 0.6 is 0 Å². The average Bonchev–Trinajstić information content (AvgIpc) is 2.98. The smallest absolute Gasteiger partial charge is 0.136 e. The minimum absolute atomic E-state index is 0.0234. The Morgan fingerprint density at radius 2 is 2.00 bits per heavy atom. The monoisotopic (exact) mass is 428 g/mol. The summed E-state index contributed by atoms with van der Waals surface area (Å²) >= 11 is 0. The molecule has 0 aromatic rings. The normalized spacial score (nSPS) is 47.0. The van der Waals surface area contributed by atoms with Crippen molar-refractivity contribution in [1.29, 1.82) is 0 Å². The van der Waals surface area contributed by atoms with Crippen molar-refractivity contribution in [2.24, 2.45) is 46.3 Å². The van der Waals surface area contributed by atoms with Crippen LogP contribution in [0.5, 0.6) is 0 Å². The second-order valence-electron chi connectivity index (χ2n) is 12.6. The highest BCUT2D eigenvalue weighted by Crippen LogP contribution is 2.67. The zero-order valence-corrected chi connectivity index (χ0v) is 20.5.